The van der Waals surface area contributed by atoms with Crippen molar-refractivity contribution in [2.45, 2.75) is 50.6 Å². The van der Waals surface area contributed by atoms with Gasteiger partial charge in [-0.3, -0.25) is 5.10 Å². The number of nitrogens with zero attached hydrogens (tertiary/aromatic N) is 2. The third-order valence-electron chi connectivity index (χ3n) is 4.00. The van der Waals surface area contributed by atoms with E-state index in [2.05, 4.69) is 17.1 Å². The third kappa shape index (κ3) is 3.21. The molecule has 2 heterocycles. The van der Waals surface area contributed by atoms with E-state index in [0.29, 0.717) is 24.6 Å². The van der Waals surface area contributed by atoms with Crippen LogP contribution < -0.4 is 5.73 Å². The zero-order chi connectivity index (χ0) is 14.6. The van der Waals surface area contributed by atoms with Crippen molar-refractivity contribution in [1.82, 2.24) is 14.5 Å². The van der Waals surface area contributed by atoms with E-state index >= 15 is 0 Å². The second-order valence-corrected chi connectivity index (χ2v) is 7.29. The molecule has 1 unspecified atom stereocenters. The number of sulfonamides is 1. The van der Waals surface area contributed by atoms with Crippen LogP contribution in [0.1, 0.15) is 44.6 Å². The van der Waals surface area contributed by atoms with E-state index in [9.17, 15) is 8.42 Å². The van der Waals surface area contributed by atoms with Gasteiger partial charge in [-0.15, -0.1) is 0 Å². The van der Waals surface area contributed by atoms with Crippen LogP contribution in [0.2, 0.25) is 0 Å². The number of rotatable bonds is 5. The molecule has 0 aromatic carbocycles. The molecule has 6 nitrogen and oxygen atoms in total. The third-order valence-corrected chi connectivity index (χ3v) is 5.91. The highest BCUT2D eigenvalue weighted by Gasteiger charge is 2.30. The molecule has 0 radical (unpaired) electrons. The quantitative estimate of drug-likeness (QED) is 0.861. The van der Waals surface area contributed by atoms with Gasteiger partial charge in [-0.05, 0) is 25.2 Å². The highest BCUT2D eigenvalue weighted by atomic mass is 32.2. The molecule has 1 aromatic rings. The molecule has 0 bridgehead atoms. The van der Waals surface area contributed by atoms with Crippen molar-refractivity contribution in [3.05, 3.63) is 11.8 Å². The van der Waals surface area contributed by atoms with Gasteiger partial charge in [0.05, 0.1) is 6.20 Å². The maximum atomic E-state index is 12.6. The SMILES string of the molecule is CCCC1CCCN(S(=O)(=O)c2[nH]ncc2CN)CC1. The number of hydrogen-bond acceptors (Lipinski definition) is 4. The summed E-state index contributed by atoms with van der Waals surface area (Å²) in [6.07, 6.45) is 6.83. The van der Waals surface area contributed by atoms with Gasteiger partial charge >= 0.3 is 0 Å². The summed E-state index contributed by atoms with van der Waals surface area (Å²) in [4.78, 5) is 0. The Morgan fingerprint density at radius 1 is 1.45 bits per heavy atom. The molecule has 0 saturated carbocycles. The fourth-order valence-corrected chi connectivity index (χ4v) is 4.48. The standard InChI is InChI=1S/C13H24N4O2S/c1-2-4-11-5-3-7-17(8-6-11)20(18,19)13-12(9-14)10-15-16-13/h10-11H,2-9,14H2,1H3,(H,15,16). The monoisotopic (exact) mass is 300 g/mol. The van der Waals surface area contributed by atoms with Crippen LogP contribution >= 0.6 is 0 Å². The molecule has 1 saturated heterocycles. The van der Waals surface area contributed by atoms with Gasteiger partial charge in [0.2, 0.25) is 0 Å². The van der Waals surface area contributed by atoms with Gasteiger partial charge in [0.15, 0.2) is 5.03 Å². The molecule has 7 heteroatoms. The van der Waals surface area contributed by atoms with Gasteiger partial charge in [-0.1, -0.05) is 19.8 Å². The number of aromatic nitrogens is 2. The van der Waals surface area contributed by atoms with Crippen LogP contribution in [0.15, 0.2) is 11.2 Å². The van der Waals surface area contributed by atoms with Crippen molar-refractivity contribution >= 4 is 10.0 Å². The molecule has 1 aromatic heterocycles. The lowest BCUT2D eigenvalue weighted by Gasteiger charge is -2.19. The van der Waals surface area contributed by atoms with Crippen molar-refractivity contribution in [3.63, 3.8) is 0 Å². The summed E-state index contributed by atoms with van der Waals surface area (Å²) < 4.78 is 26.9. The minimum absolute atomic E-state index is 0.161. The number of hydrogen-bond donors (Lipinski definition) is 2. The number of nitrogens with two attached hydrogens (primary N) is 1. The first-order chi connectivity index (χ1) is 9.59. The molecule has 0 aliphatic carbocycles. The van der Waals surface area contributed by atoms with E-state index in [1.165, 1.54) is 12.6 Å². The molecule has 1 atom stereocenters. The Hall–Kier alpha value is -0.920. The highest BCUT2D eigenvalue weighted by Crippen LogP contribution is 2.26. The zero-order valence-corrected chi connectivity index (χ0v) is 12.8. The second-order valence-electron chi connectivity index (χ2n) is 5.42. The Bertz CT molecular complexity index is 526. The fraction of sp³-hybridized carbons (Fsp3) is 0.769. The predicted octanol–water partition coefficient (Wildman–Crippen LogP) is 1.46. The molecular formula is C13H24N4O2S. The minimum atomic E-state index is -3.49. The predicted molar refractivity (Wildman–Crippen MR) is 77.5 cm³/mol. The molecule has 0 spiro atoms. The molecule has 114 valence electrons. The molecule has 3 N–H and O–H groups in total. The van der Waals surface area contributed by atoms with Crippen molar-refractivity contribution < 1.29 is 8.42 Å². The number of nitrogens with one attached hydrogen (secondary N) is 1. The average molecular weight is 300 g/mol. The smallest absolute Gasteiger partial charge is 0.260 e. The lowest BCUT2D eigenvalue weighted by Crippen LogP contribution is -2.33. The Labute approximate surface area is 120 Å². The van der Waals surface area contributed by atoms with Crippen molar-refractivity contribution in [2.24, 2.45) is 11.7 Å². The summed E-state index contributed by atoms with van der Waals surface area (Å²) in [6.45, 7) is 3.54. The van der Waals surface area contributed by atoms with E-state index in [0.717, 1.165) is 25.7 Å². The molecule has 0 amide bonds. The summed E-state index contributed by atoms with van der Waals surface area (Å²) in [7, 11) is -3.49. The highest BCUT2D eigenvalue weighted by molar-refractivity contribution is 7.89. The van der Waals surface area contributed by atoms with Crippen LogP contribution in [-0.2, 0) is 16.6 Å². The summed E-state index contributed by atoms with van der Waals surface area (Å²) in [5, 5.41) is 6.56. The van der Waals surface area contributed by atoms with E-state index in [1.54, 1.807) is 4.31 Å². The van der Waals surface area contributed by atoms with E-state index in [1.807, 2.05) is 0 Å². The van der Waals surface area contributed by atoms with E-state index in [-0.39, 0.29) is 11.6 Å². The van der Waals surface area contributed by atoms with Crippen LogP contribution in [0, 0.1) is 5.92 Å². The summed E-state index contributed by atoms with van der Waals surface area (Å²) in [6, 6.07) is 0. The van der Waals surface area contributed by atoms with Crippen LogP contribution in [0.5, 0.6) is 0 Å². The Kier molecular flexibility index (Phi) is 5.17. The van der Waals surface area contributed by atoms with Gasteiger partial charge in [0, 0.05) is 25.2 Å². The first kappa shape index (κ1) is 15.5. The molecular weight excluding hydrogens is 276 g/mol. The van der Waals surface area contributed by atoms with Crippen LogP contribution in [0.4, 0.5) is 0 Å². The topological polar surface area (TPSA) is 92.1 Å². The lowest BCUT2D eigenvalue weighted by atomic mass is 9.96. The Morgan fingerprint density at radius 3 is 2.95 bits per heavy atom. The average Bonchev–Trinajstić information content (AvgIpc) is 2.79. The minimum Gasteiger partial charge on any atom is -0.326 e. The molecule has 20 heavy (non-hydrogen) atoms. The first-order valence-corrected chi connectivity index (χ1v) is 8.76. The summed E-state index contributed by atoms with van der Waals surface area (Å²) in [5.74, 6) is 0.649. The maximum Gasteiger partial charge on any atom is 0.260 e. The van der Waals surface area contributed by atoms with E-state index < -0.39 is 10.0 Å². The number of aromatic amines is 1. The van der Waals surface area contributed by atoms with Gasteiger partial charge in [-0.25, -0.2) is 8.42 Å². The lowest BCUT2D eigenvalue weighted by molar-refractivity contribution is 0.398. The van der Waals surface area contributed by atoms with Gasteiger partial charge in [0.1, 0.15) is 0 Å². The first-order valence-electron chi connectivity index (χ1n) is 7.32. The fourth-order valence-electron chi connectivity index (χ4n) is 2.87. The molecule has 1 aliphatic rings. The van der Waals surface area contributed by atoms with Crippen LogP contribution in [0.3, 0.4) is 0 Å². The molecule has 1 aliphatic heterocycles. The largest absolute Gasteiger partial charge is 0.326 e. The van der Waals surface area contributed by atoms with E-state index in [4.69, 9.17) is 5.73 Å². The van der Waals surface area contributed by atoms with Crippen molar-refractivity contribution in [3.8, 4) is 0 Å². The van der Waals surface area contributed by atoms with Gasteiger partial charge < -0.3 is 5.73 Å². The normalized spacial score (nSPS) is 21.8. The van der Waals surface area contributed by atoms with Crippen molar-refractivity contribution in [1.29, 1.82) is 0 Å². The number of H-pyrrole nitrogens is 1. The van der Waals surface area contributed by atoms with Crippen LogP contribution in [-0.4, -0.2) is 36.0 Å². The molecule has 2 rings (SSSR count). The van der Waals surface area contributed by atoms with Crippen LogP contribution in [0.25, 0.3) is 0 Å². The molecule has 1 fully saturated rings. The Morgan fingerprint density at radius 2 is 2.25 bits per heavy atom. The van der Waals surface area contributed by atoms with Gasteiger partial charge in [0.25, 0.3) is 10.0 Å². The zero-order valence-electron chi connectivity index (χ0n) is 12.0. The second kappa shape index (κ2) is 6.69. The van der Waals surface area contributed by atoms with Gasteiger partial charge in [-0.2, -0.15) is 9.40 Å². The Balaban J connectivity index is 2.14. The van der Waals surface area contributed by atoms with Crippen molar-refractivity contribution in [2.75, 3.05) is 13.1 Å². The summed E-state index contributed by atoms with van der Waals surface area (Å²) in [5.41, 5.74) is 6.13. The summed E-state index contributed by atoms with van der Waals surface area (Å²) >= 11 is 0. The maximum absolute atomic E-state index is 12.6.